The van der Waals surface area contributed by atoms with Gasteiger partial charge in [0.05, 0.1) is 11.2 Å². The maximum atomic E-state index is 13.3. The molecular formula is C21H19F2N3O. The fourth-order valence-electron chi connectivity index (χ4n) is 2.93. The molecular weight excluding hydrogens is 348 g/mol. The molecule has 2 heterocycles. The van der Waals surface area contributed by atoms with Crippen LogP contribution in [0.1, 0.15) is 19.5 Å². The lowest BCUT2D eigenvalue weighted by Crippen LogP contribution is -2.22. The number of allylic oxidation sites excluding steroid dienone is 3. The maximum Gasteiger partial charge on any atom is 0.266 e. The summed E-state index contributed by atoms with van der Waals surface area (Å²) in [5.41, 5.74) is 1.47. The van der Waals surface area contributed by atoms with E-state index in [1.54, 1.807) is 37.4 Å². The van der Waals surface area contributed by atoms with Crippen molar-refractivity contribution in [1.29, 1.82) is 0 Å². The number of nitrogens with zero attached hydrogens (tertiary/aromatic N) is 2. The normalized spacial score (nSPS) is 12.5. The first-order chi connectivity index (χ1) is 12.9. The number of pyridine rings is 2. The number of aromatic nitrogens is 2. The third kappa shape index (κ3) is 3.79. The second kappa shape index (κ2) is 7.53. The highest BCUT2D eigenvalue weighted by Gasteiger charge is 2.13. The van der Waals surface area contributed by atoms with Crippen LogP contribution in [0.5, 0.6) is 0 Å². The average Bonchev–Trinajstić information content (AvgIpc) is 2.62. The van der Waals surface area contributed by atoms with Crippen molar-refractivity contribution in [2.75, 3.05) is 5.32 Å². The van der Waals surface area contributed by atoms with Crippen LogP contribution in [-0.2, 0) is 0 Å². The van der Waals surface area contributed by atoms with Crippen molar-refractivity contribution in [3.8, 4) is 5.69 Å². The molecule has 0 spiro atoms. The number of nitrogens with one attached hydrogen (secondary N) is 1. The minimum Gasteiger partial charge on any atom is -0.340 e. The summed E-state index contributed by atoms with van der Waals surface area (Å²) in [6, 6.07) is 9.31. The van der Waals surface area contributed by atoms with Crippen LogP contribution in [0.15, 0.2) is 71.1 Å². The standard InChI is InChI=1S/C21H19F2N3O/c1-4-17(11-13(2)22)25-20-19-15(9-10-24-20)12-14(3)26(21(19)27)18-7-5-16(23)6-8-18/h4-12H,1-3H3,(H,24,25)/b13-11+,17-4+. The van der Waals surface area contributed by atoms with E-state index in [0.29, 0.717) is 33.7 Å². The lowest BCUT2D eigenvalue weighted by atomic mass is 10.1. The van der Waals surface area contributed by atoms with Gasteiger partial charge in [-0.3, -0.25) is 9.36 Å². The molecule has 2 aromatic heterocycles. The largest absolute Gasteiger partial charge is 0.340 e. The molecule has 0 saturated heterocycles. The quantitative estimate of drug-likeness (QED) is 0.659. The Morgan fingerprint density at radius 3 is 2.56 bits per heavy atom. The Morgan fingerprint density at radius 1 is 1.22 bits per heavy atom. The molecule has 0 saturated carbocycles. The molecule has 0 aliphatic heterocycles. The van der Waals surface area contributed by atoms with E-state index in [9.17, 15) is 13.6 Å². The van der Waals surface area contributed by atoms with Crippen molar-refractivity contribution in [2.24, 2.45) is 0 Å². The second-order valence-corrected chi connectivity index (χ2v) is 6.13. The first-order valence-corrected chi connectivity index (χ1v) is 8.45. The van der Waals surface area contributed by atoms with Crippen LogP contribution in [0.4, 0.5) is 14.6 Å². The van der Waals surface area contributed by atoms with Gasteiger partial charge >= 0.3 is 0 Å². The van der Waals surface area contributed by atoms with E-state index in [1.807, 2.05) is 13.0 Å². The summed E-state index contributed by atoms with van der Waals surface area (Å²) in [5, 5.41) is 4.10. The van der Waals surface area contributed by atoms with E-state index in [0.717, 1.165) is 0 Å². The predicted molar refractivity (Wildman–Crippen MR) is 104 cm³/mol. The molecule has 4 nitrogen and oxygen atoms in total. The SMILES string of the molecule is C/C=C(\C=C(/C)F)Nc1nccc2cc(C)n(-c3ccc(F)cc3)c(=O)c12. The first kappa shape index (κ1) is 18.5. The van der Waals surface area contributed by atoms with Crippen LogP contribution in [0.2, 0.25) is 0 Å². The molecule has 0 fully saturated rings. The van der Waals surface area contributed by atoms with Crippen molar-refractivity contribution in [1.82, 2.24) is 9.55 Å². The maximum absolute atomic E-state index is 13.3. The second-order valence-electron chi connectivity index (χ2n) is 6.13. The van der Waals surface area contributed by atoms with E-state index in [2.05, 4.69) is 10.3 Å². The molecule has 0 radical (unpaired) electrons. The Bertz CT molecular complexity index is 1110. The van der Waals surface area contributed by atoms with Crippen molar-refractivity contribution >= 4 is 16.6 Å². The van der Waals surface area contributed by atoms with Gasteiger partial charge in [0.15, 0.2) is 0 Å². The molecule has 0 bridgehead atoms. The summed E-state index contributed by atoms with van der Waals surface area (Å²) in [5.74, 6) is -0.408. The number of benzene rings is 1. The number of halogens is 2. The smallest absolute Gasteiger partial charge is 0.266 e. The van der Waals surface area contributed by atoms with Gasteiger partial charge in [0.1, 0.15) is 11.6 Å². The minimum absolute atomic E-state index is 0.288. The fourth-order valence-corrected chi connectivity index (χ4v) is 2.93. The number of anilines is 1. The molecule has 1 aromatic carbocycles. The Labute approximate surface area is 155 Å². The van der Waals surface area contributed by atoms with Gasteiger partial charge in [-0.1, -0.05) is 6.08 Å². The lowest BCUT2D eigenvalue weighted by molar-refractivity contribution is 0.627. The lowest BCUT2D eigenvalue weighted by Gasteiger charge is -2.14. The molecule has 0 atom stereocenters. The molecule has 3 aromatic rings. The Balaban J connectivity index is 2.23. The summed E-state index contributed by atoms with van der Waals surface area (Å²) >= 11 is 0. The molecule has 0 unspecified atom stereocenters. The van der Waals surface area contributed by atoms with Gasteiger partial charge in [0.25, 0.3) is 5.56 Å². The Kier molecular flexibility index (Phi) is 5.16. The molecule has 1 N–H and O–H groups in total. The molecule has 0 amide bonds. The summed E-state index contributed by atoms with van der Waals surface area (Å²) < 4.78 is 28.0. The van der Waals surface area contributed by atoms with Crippen LogP contribution >= 0.6 is 0 Å². The zero-order chi connectivity index (χ0) is 19.6. The zero-order valence-corrected chi connectivity index (χ0v) is 15.3. The fraction of sp³-hybridized carbons (Fsp3) is 0.143. The Morgan fingerprint density at radius 2 is 1.93 bits per heavy atom. The predicted octanol–water partition coefficient (Wildman–Crippen LogP) is 5.02. The number of fused-ring (bicyclic) bond motifs is 1. The third-order valence-electron chi connectivity index (χ3n) is 4.13. The number of hydrogen-bond donors (Lipinski definition) is 1. The molecule has 0 aliphatic rings. The van der Waals surface area contributed by atoms with E-state index in [-0.39, 0.29) is 17.2 Å². The molecule has 27 heavy (non-hydrogen) atoms. The summed E-state index contributed by atoms with van der Waals surface area (Å²) in [6.07, 6.45) is 4.61. The van der Waals surface area contributed by atoms with Crippen LogP contribution in [-0.4, -0.2) is 9.55 Å². The van der Waals surface area contributed by atoms with E-state index in [4.69, 9.17) is 0 Å². The zero-order valence-electron chi connectivity index (χ0n) is 15.3. The van der Waals surface area contributed by atoms with Gasteiger partial charge < -0.3 is 5.32 Å². The van der Waals surface area contributed by atoms with Gasteiger partial charge in [-0.2, -0.15) is 0 Å². The minimum atomic E-state index is -0.375. The van der Waals surface area contributed by atoms with Gasteiger partial charge in [-0.25, -0.2) is 13.8 Å². The monoisotopic (exact) mass is 367 g/mol. The summed E-state index contributed by atoms with van der Waals surface area (Å²) in [6.45, 7) is 4.91. The van der Waals surface area contributed by atoms with Gasteiger partial charge in [0.2, 0.25) is 0 Å². The van der Waals surface area contributed by atoms with Gasteiger partial charge in [0, 0.05) is 23.3 Å². The van der Waals surface area contributed by atoms with Gasteiger partial charge in [-0.15, -0.1) is 0 Å². The van der Waals surface area contributed by atoms with Crippen molar-refractivity contribution in [3.05, 3.63) is 88.1 Å². The highest BCUT2D eigenvalue weighted by molar-refractivity contribution is 5.92. The number of hydrogen-bond acceptors (Lipinski definition) is 3. The van der Waals surface area contributed by atoms with Crippen molar-refractivity contribution < 1.29 is 8.78 Å². The highest BCUT2D eigenvalue weighted by atomic mass is 19.1. The van der Waals surface area contributed by atoms with Crippen molar-refractivity contribution in [2.45, 2.75) is 20.8 Å². The molecule has 138 valence electrons. The molecule has 3 rings (SSSR count). The van der Waals surface area contributed by atoms with Crippen LogP contribution in [0.25, 0.3) is 16.5 Å². The van der Waals surface area contributed by atoms with E-state index < -0.39 is 0 Å². The van der Waals surface area contributed by atoms with Crippen molar-refractivity contribution in [3.63, 3.8) is 0 Å². The van der Waals surface area contributed by atoms with E-state index in [1.165, 1.54) is 29.7 Å². The van der Waals surface area contributed by atoms with E-state index >= 15 is 0 Å². The third-order valence-corrected chi connectivity index (χ3v) is 4.13. The summed E-state index contributed by atoms with van der Waals surface area (Å²) in [7, 11) is 0. The topological polar surface area (TPSA) is 46.9 Å². The molecule has 6 heteroatoms. The first-order valence-electron chi connectivity index (χ1n) is 8.45. The number of rotatable bonds is 4. The van der Waals surface area contributed by atoms with Crippen LogP contribution < -0.4 is 10.9 Å². The average molecular weight is 367 g/mol. The van der Waals surface area contributed by atoms with Crippen LogP contribution in [0.3, 0.4) is 0 Å². The van der Waals surface area contributed by atoms with Crippen LogP contribution in [0, 0.1) is 12.7 Å². The highest BCUT2D eigenvalue weighted by Crippen LogP contribution is 2.22. The Hall–Kier alpha value is -3.28. The molecule has 0 aliphatic carbocycles. The number of aryl methyl sites for hydroxylation is 1. The van der Waals surface area contributed by atoms with Gasteiger partial charge in [-0.05, 0) is 68.6 Å². The summed E-state index contributed by atoms with van der Waals surface area (Å²) in [4.78, 5) is 17.5.